The van der Waals surface area contributed by atoms with Crippen molar-refractivity contribution in [2.75, 3.05) is 0 Å². The Balaban J connectivity index is 2.56. The van der Waals surface area contributed by atoms with Crippen molar-refractivity contribution in [3.05, 3.63) is 29.2 Å². The third-order valence-electron chi connectivity index (χ3n) is 2.45. The molecule has 0 bridgehead atoms. The smallest absolute Gasteiger partial charge is 0.298 e. The van der Waals surface area contributed by atoms with Crippen molar-refractivity contribution in [3.63, 3.8) is 0 Å². The lowest BCUT2D eigenvalue weighted by molar-refractivity contribution is -0.141. The van der Waals surface area contributed by atoms with Crippen molar-refractivity contribution in [2.24, 2.45) is 7.05 Å². The Bertz CT molecular complexity index is 597. The van der Waals surface area contributed by atoms with Gasteiger partial charge >= 0.3 is 6.18 Å². The van der Waals surface area contributed by atoms with Gasteiger partial charge in [-0.25, -0.2) is 4.68 Å². The highest BCUT2D eigenvalue weighted by molar-refractivity contribution is 5.81. The van der Waals surface area contributed by atoms with Crippen LogP contribution in [0.3, 0.4) is 0 Å². The summed E-state index contributed by atoms with van der Waals surface area (Å²) in [5.74, 6) is 0.206. The molecule has 0 saturated carbocycles. The third-order valence-corrected chi connectivity index (χ3v) is 2.45. The highest BCUT2D eigenvalue weighted by Gasteiger charge is 2.34. The SMILES string of the molecule is Cc1nn(C)c(-n2ccc(C(F)(F)F)n2)c1C=O. The number of hydrogen-bond donors (Lipinski definition) is 0. The van der Waals surface area contributed by atoms with Crippen LogP contribution >= 0.6 is 0 Å². The summed E-state index contributed by atoms with van der Waals surface area (Å²) in [4.78, 5) is 10.9. The van der Waals surface area contributed by atoms with Crippen LogP contribution in [0.5, 0.6) is 0 Å². The monoisotopic (exact) mass is 258 g/mol. The molecule has 5 nitrogen and oxygen atoms in total. The van der Waals surface area contributed by atoms with E-state index in [0.717, 1.165) is 16.9 Å². The zero-order valence-electron chi connectivity index (χ0n) is 9.56. The van der Waals surface area contributed by atoms with Crippen molar-refractivity contribution in [3.8, 4) is 5.82 Å². The van der Waals surface area contributed by atoms with Crippen LogP contribution in [0.25, 0.3) is 5.82 Å². The van der Waals surface area contributed by atoms with Crippen LogP contribution in [0, 0.1) is 6.92 Å². The van der Waals surface area contributed by atoms with Gasteiger partial charge in [-0.3, -0.25) is 9.48 Å². The maximum absolute atomic E-state index is 12.4. The number of nitrogens with zero attached hydrogens (tertiary/aromatic N) is 4. The summed E-state index contributed by atoms with van der Waals surface area (Å²) >= 11 is 0. The predicted octanol–water partition coefficient (Wildman–Crippen LogP) is 1.75. The fourth-order valence-electron chi connectivity index (χ4n) is 1.67. The Labute approximate surface area is 99.8 Å². The molecule has 0 aliphatic heterocycles. The average molecular weight is 258 g/mol. The summed E-state index contributed by atoms with van der Waals surface area (Å²) in [5, 5.41) is 7.38. The first-order valence-corrected chi connectivity index (χ1v) is 4.96. The van der Waals surface area contributed by atoms with E-state index in [1.165, 1.54) is 11.7 Å². The van der Waals surface area contributed by atoms with Gasteiger partial charge in [0, 0.05) is 13.2 Å². The summed E-state index contributed by atoms with van der Waals surface area (Å²) in [6.07, 6.45) is -2.82. The van der Waals surface area contributed by atoms with E-state index in [0.29, 0.717) is 12.0 Å². The number of hydrogen-bond acceptors (Lipinski definition) is 3. The van der Waals surface area contributed by atoms with Gasteiger partial charge in [0.15, 0.2) is 17.8 Å². The molecule has 18 heavy (non-hydrogen) atoms. The molecule has 2 aromatic heterocycles. The van der Waals surface area contributed by atoms with Crippen LogP contribution < -0.4 is 0 Å². The van der Waals surface area contributed by atoms with Gasteiger partial charge in [0.05, 0.1) is 11.3 Å². The zero-order valence-corrected chi connectivity index (χ0v) is 9.56. The molecule has 0 aliphatic carbocycles. The fourth-order valence-corrected chi connectivity index (χ4v) is 1.67. The van der Waals surface area contributed by atoms with Crippen LogP contribution in [0.4, 0.5) is 13.2 Å². The van der Waals surface area contributed by atoms with Gasteiger partial charge in [-0.1, -0.05) is 0 Å². The van der Waals surface area contributed by atoms with Gasteiger partial charge in [0.2, 0.25) is 0 Å². The first-order chi connectivity index (χ1) is 8.34. The third kappa shape index (κ3) is 1.89. The normalized spacial score (nSPS) is 11.8. The Morgan fingerprint density at radius 3 is 2.50 bits per heavy atom. The van der Waals surface area contributed by atoms with Gasteiger partial charge in [-0.15, -0.1) is 0 Å². The van der Waals surface area contributed by atoms with Gasteiger partial charge in [-0.05, 0) is 13.0 Å². The molecule has 0 radical (unpaired) electrons. The lowest BCUT2D eigenvalue weighted by Gasteiger charge is -2.04. The van der Waals surface area contributed by atoms with Gasteiger partial charge < -0.3 is 0 Å². The molecule has 0 fully saturated rings. The summed E-state index contributed by atoms with van der Waals surface area (Å²) in [6.45, 7) is 1.60. The number of alkyl halides is 3. The molecule has 2 heterocycles. The number of carbonyl (C=O) groups excluding carboxylic acids is 1. The fraction of sp³-hybridized carbons (Fsp3) is 0.300. The molecule has 0 saturated heterocycles. The zero-order chi connectivity index (χ0) is 13.5. The second-order valence-corrected chi connectivity index (χ2v) is 3.71. The number of rotatable bonds is 2. The van der Waals surface area contributed by atoms with Gasteiger partial charge in [0.1, 0.15) is 0 Å². The largest absolute Gasteiger partial charge is 0.435 e. The molecule has 0 aromatic carbocycles. The van der Waals surface area contributed by atoms with E-state index in [4.69, 9.17) is 0 Å². The molecule has 0 unspecified atom stereocenters. The quantitative estimate of drug-likeness (QED) is 0.771. The highest BCUT2D eigenvalue weighted by Crippen LogP contribution is 2.28. The molecular formula is C10H9F3N4O. The Morgan fingerprint density at radius 1 is 1.33 bits per heavy atom. The number of aldehydes is 1. The summed E-state index contributed by atoms with van der Waals surface area (Å²) in [5.41, 5.74) is -0.362. The van der Waals surface area contributed by atoms with Crippen LogP contribution in [-0.2, 0) is 13.2 Å². The van der Waals surface area contributed by atoms with E-state index in [2.05, 4.69) is 10.2 Å². The molecule has 0 aliphatic rings. The summed E-state index contributed by atoms with van der Waals surface area (Å²) in [6, 6.07) is 0.844. The second-order valence-electron chi connectivity index (χ2n) is 3.71. The molecule has 0 atom stereocenters. The second kappa shape index (κ2) is 3.97. The first kappa shape index (κ1) is 12.3. The Hall–Kier alpha value is -2.12. The maximum Gasteiger partial charge on any atom is 0.435 e. The van der Waals surface area contributed by atoms with Crippen molar-refractivity contribution in [2.45, 2.75) is 13.1 Å². The standard InChI is InChI=1S/C10H9F3N4O/c1-6-7(5-18)9(16(2)14-6)17-4-3-8(15-17)10(11,12)13/h3-5H,1-2H3. The van der Waals surface area contributed by atoms with E-state index >= 15 is 0 Å². The first-order valence-electron chi connectivity index (χ1n) is 4.96. The molecule has 0 spiro atoms. The number of halogens is 3. The minimum Gasteiger partial charge on any atom is -0.298 e. The minimum atomic E-state index is -4.51. The maximum atomic E-state index is 12.4. The molecule has 2 rings (SSSR count). The topological polar surface area (TPSA) is 52.7 Å². The summed E-state index contributed by atoms with van der Waals surface area (Å²) in [7, 11) is 1.53. The van der Waals surface area contributed by atoms with Gasteiger partial charge in [-0.2, -0.15) is 23.4 Å². The molecule has 0 N–H and O–H groups in total. The number of aryl methyl sites for hydroxylation is 2. The van der Waals surface area contributed by atoms with Crippen molar-refractivity contribution in [1.29, 1.82) is 0 Å². The molecule has 0 amide bonds. The van der Waals surface area contributed by atoms with E-state index in [9.17, 15) is 18.0 Å². The van der Waals surface area contributed by atoms with Crippen molar-refractivity contribution in [1.82, 2.24) is 19.6 Å². The van der Waals surface area contributed by atoms with E-state index in [1.807, 2.05) is 0 Å². The van der Waals surface area contributed by atoms with Crippen LogP contribution in [0.1, 0.15) is 21.7 Å². The Kier molecular flexibility index (Phi) is 2.72. The van der Waals surface area contributed by atoms with Crippen molar-refractivity contribution < 1.29 is 18.0 Å². The van der Waals surface area contributed by atoms with E-state index in [1.54, 1.807) is 6.92 Å². The van der Waals surface area contributed by atoms with Crippen LogP contribution in [-0.4, -0.2) is 25.8 Å². The average Bonchev–Trinajstić information content (AvgIpc) is 2.81. The van der Waals surface area contributed by atoms with Crippen LogP contribution in [0.2, 0.25) is 0 Å². The van der Waals surface area contributed by atoms with Crippen LogP contribution in [0.15, 0.2) is 12.3 Å². The van der Waals surface area contributed by atoms with E-state index in [-0.39, 0.29) is 11.4 Å². The van der Waals surface area contributed by atoms with Gasteiger partial charge in [0.25, 0.3) is 0 Å². The summed E-state index contributed by atoms with van der Waals surface area (Å²) < 4.78 is 39.6. The lowest BCUT2D eigenvalue weighted by atomic mass is 10.3. The lowest BCUT2D eigenvalue weighted by Crippen LogP contribution is -2.10. The minimum absolute atomic E-state index is 0.206. The van der Waals surface area contributed by atoms with Crippen molar-refractivity contribution >= 4 is 6.29 Å². The highest BCUT2D eigenvalue weighted by atomic mass is 19.4. The molecule has 96 valence electrons. The molecule has 8 heteroatoms. The molecular weight excluding hydrogens is 249 g/mol. The van der Waals surface area contributed by atoms with E-state index < -0.39 is 11.9 Å². The Morgan fingerprint density at radius 2 is 2.00 bits per heavy atom. The molecule has 2 aromatic rings. The number of carbonyl (C=O) groups is 1. The number of aromatic nitrogens is 4. The predicted molar refractivity (Wildman–Crippen MR) is 55.5 cm³/mol.